The predicted octanol–water partition coefficient (Wildman–Crippen LogP) is 3.24. The molecule has 136 valence electrons. The van der Waals surface area contributed by atoms with Crippen molar-refractivity contribution in [2.75, 3.05) is 44.8 Å². The predicted molar refractivity (Wildman–Crippen MR) is 116 cm³/mol. The highest BCUT2D eigenvalue weighted by molar-refractivity contribution is 14.0. The second kappa shape index (κ2) is 11.9. The van der Waals surface area contributed by atoms with Crippen molar-refractivity contribution >= 4 is 51.6 Å². The number of methoxy groups -OCH3 is 1. The lowest BCUT2D eigenvalue weighted by atomic mass is 10.3. The van der Waals surface area contributed by atoms with Gasteiger partial charge in [0.2, 0.25) is 0 Å². The number of hydrogen-bond acceptors (Lipinski definition) is 3. The molecule has 1 aliphatic heterocycles. The molecule has 2 N–H and O–H groups in total. The molecule has 1 unspecified atom stereocenters. The van der Waals surface area contributed by atoms with Crippen LogP contribution in [-0.2, 0) is 4.74 Å². The molecule has 0 saturated carbocycles. The fourth-order valence-corrected chi connectivity index (χ4v) is 3.25. The largest absolute Gasteiger partial charge is 0.385 e. The van der Waals surface area contributed by atoms with E-state index < -0.39 is 0 Å². The normalized spacial score (nSPS) is 17.5. The van der Waals surface area contributed by atoms with E-state index in [4.69, 9.17) is 4.74 Å². The summed E-state index contributed by atoms with van der Waals surface area (Å²) in [5.74, 6) is 0.905. The van der Waals surface area contributed by atoms with Crippen LogP contribution in [0.3, 0.4) is 0 Å². The molecule has 0 aliphatic carbocycles. The Morgan fingerprint density at radius 1 is 1.42 bits per heavy atom. The number of para-hydroxylation sites is 1. The number of ether oxygens (including phenoxy) is 1. The van der Waals surface area contributed by atoms with Crippen LogP contribution in [0.5, 0.6) is 0 Å². The maximum atomic E-state index is 5.07. The maximum absolute atomic E-state index is 5.07. The van der Waals surface area contributed by atoms with Crippen molar-refractivity contribution in [1.82, 2.24) is 10.6 Å². The highest BCUT2D eigenvalue weighted by Gasteiger charge is 2.24. The zero-order chi connectivity index (χ0) is 16.5. The first-order valence-electron chi connectivity index (χ1n) is 8.27. The highest BCUT2D eigenvalue weighted by Crippen LogP contribution is 2.28. The zero-order valence-corrected chi connectivity index (χ0v) is 18.3. The topological polar surface area (TPSA) is 48.9 Å². The highest BCUT2D eigenvalue weighted by atomic mass is 127. The van der Waals surface area contributed by atoms with E-state index in [9.17, 15) is 0 Å². The van der Waals surface area contributed by atoms with Crippen LogP contribution in [0.15, 0.2) is 33.7 Å². The van der Waals surface area contributed by atoms with E-state index in [1.807, 2.05) is 0 Å². The lowest BCUT2D eigenvalue weighted by Crippen LogP contribution is -2.44. The first kappa shape index (κ1) is 21.5. The van der Waals surface area contributed by atoms with Gasteiger partial charge in [0.25, 0.3) is 0 Å². The van der Waals surface area contributed by atoms with Crippen LogP contribution in [0.4, 0.5) is 5.69 Å². The number of nitrogens with zero attached hydrogens (tertiary/aromatic N) is 2. The van der Waals surface area contributed by atoms with Crippen molar-refractivity contribution < 1.29 is 4.74 Å². The first-order chi connectivity index (χ1) is 11.2. The van der Waals surface area contributed by atoms with Crippen LogP contribution >= 0.6 is 39.9 Å². The van der Waals surface area contributed by atoms with E-state index in [0.717, 1.165) is 56.1 Å². The summed E-state index contributed by atoms with van der Waals surface area (Å²) in [6, 6.07) is 8.81. The molecule has 0 bridgehead atoms. The van der Waals surface area contributed by atoms with Crippen molar-refractivity contribution in [2.24, 2.45) is 4.99 Å². The second-order valence-electron chi connectivity index (χ2n) is 5.63. The summed E-state index contributed by atoms with van der Waals surface area (Å²) in [6.07, 6.45) is 2.06. The number of anilines is 1. The first-order valence-corrected chi connectivity index (χ1v) is 9.07. The minimum atomic E-state index is 0. The molecular weight excluding hydrogens is 483 g/mol. The quantitative estimate of drug-likeness (QED) is 0.256. The molecule has 1 aromatic rings. The third-order valence-corrected chi connectivity index (χ3v) is 4.51. The lowest BCUT2D eigenvalue weighted by Gasteiger charge is -2.21. The van der Waals surface area contributed by atoms with Crippen molar-refractivity contribution in [1.29, 1.82) is 0 Å². The number of rotatable bonds is 7. The molecule has 24 heavy (non-hydrogen) atoms. The molecule has 1 saturated heterocycles. The van der Waals surface area contributed by atoms with E-state index in [1.165, 1.54) is 5.69 Å². The SMILES string of the molecule is CCNC(=NCCCOC)NC1CCN(c2ccccc2Br)C1.I. The Morgan fingerprint density at radius 3 is 2.92 bits per heavy atom. The average molecular weight is 511 g/mol. The van der Waals surface area contributed by atoms with Gasteiger partial charge < -0.3 is 20.3 Å². The number of nitrogens with one attached hydrogen (secondary N) is 2. The number of aliphatic imine (C=N–C) groups is 1. The van der Waals surface area contributed by atoms with Gasteiger partial charge in [-0.25, -0.2) is 0 Å². The zero-order valence-electron chi connectivity index (χ0n) is 14.4. The third-order valence-electron chi connectivity index (χ3n) is 3.84. The summed E-state index contributed by atoms with van der Waals surface area (Å²) in [5.41, 5.74) is 1.26. The van der Waals surface area contributed by atoms with E-state index >= 15 is 0 Å². The monoisotopic (exact) mass is 510 g/mol. The van der Waals surface area contributed by atoms with Gasteiger partial charge in [0.05, 0.1) is 5.69 Å². The molecule has 1 atom stereocenters. The summed E-state index contributed by atoms with van der Waals surface area (Å²) >= 11 is 3.64. The molecule has 1 aromatic carbocycles. The van der Waals surface area contributed by atoms with Crippen LogP contribution in [0.2, 0.25) is 0 Å². The fraction of sp³-hybridized carbons (Fsp3) is 0.588. The Bertz CT molecular complexity index is 515. The van der Waals surface area contributed by atoms with Gasteiger partial charge >= 0.3 is 0 Å². The maximum Gasteiger partial charge on any atom is 0.191 e. The van der Waals surface area contributed by atoms with Gasteiger partial charge in [0.15, 0.2) is 5.96 Å². The van der Waals surface area contributed by atoms with Gasteiger partial charge in [-0.15, -0.1) is 24.0 Å². The number of guanidine groups is 1. The molecule has 5 nitrogen and oxygen atoms in total. The van der Waals surface area contributed by atoms with E-state index in [1.54, 1.807) is 7.11 Å². The van der Waals surface area contributed by atoms with Gasteiger partial charge in [-0.2, -0.15) is 0 Å². The fourth-order valence-electron chi connectivity index (χ4n) is 2.72. The molecular formula is C17H28BrIN4O. The van der Waals surface area contributed by atoms with Crippen LogP contribution < -0.4 is 15.5 Å². The molecule has 1 heterocycles. The number of hydrogen-bond donors (Lipinski definition) is 2. The summed E-state index contributed by atoms with van der Waals surface area (Å²) in [5, 5.41) is 6.88. The number of benzene rings is 1. The molecule has 0 spiro atoms. The van der Waals surface area contributed by atoms with Crippen molar-refractivity contribution in [3.05, 3.63) is 28.7 Å². The van der Waals surface area contributed by atoms with Crippen LogP contribution in [0.1, 0.15) is 19.8 Å². The Hall–Kier alpha value is -0.540. The molecule has 1 fully saturated rings. The minimum absolute atomic E-state index is 0. The van der Waals surface area contributed by atoms with Crippen LogP contribution in [0.25, 0.3) is 0 Å². The van der Waals surface area contributed by atoms with Crippen LogP contribution in [0, 0.1) is 0 Å². The Morgan fingerprint density at radius 2 is 2.21 bits per heavy atom. The summed E-state index contributed by atoms with van der Waals surface area (Å²) < 4.78 is 6.22. The third kappa shape index (κ3) is 6.76. The molecule has 1 aliphatic rings. The Kier molecular flexibility index (Phi) is 10.7. The lowest BCUT2D eigenvalue weighted by molar-refractivity contribution is 0.197. The average Bonchev–Trinajstić information content (AvgIpc) is 3.00. The summed E-state index contributed by atoms with van der Waals surface area (Å²) in [6.45, 7) is 6.55. The molecule has 7 heteroatoms. The van der Waals surface area contributed by atoms with Gasteiger partial charge in [-0.05, 0) is 47.8 Å². The number of halogens is 2. The van der Waals surface area contributed by atoms with Gasteiger partial charge in [0.1, 0.15) is 0 Å². The Balaban J connectivity index is 0.00000288. The summed E-state index contributed by atoms with van der Waals surface area (Å²) in [7, 11) is 1.72. The van der Waals surface area contributed by atoms with Crippen molar-refractivity contribution in [3.63, 3.8) is 0 Å². The summed E-state index contributed by atoms with van der Waals surface area (Å²) in [4.78, 5) is 7.03. The van der Waals surface area contributed by atoms with Crippen LogP contribution in [-0.4, -0.2) is 51.9 Å². The van der Waals surface area contributed by atoms with Gasteiger partial charge in [-0.3, -0.25) is 4.99 Å². The van der Waals surface area contributed by atoms with Crippen molar-refractivity contribution in [3.8, 4) is 0 Å². The van der Waals surface area contributed by atoms with E-state index in [2.05, 4.69) is 67.6 Å². The Labute approximate surface area is 170 Å². The molecule has 0 amide bonds. The molecule has 2 rings (SSSR count). The van der Waals surface area contributed by atoms with E-state index in [-0.39, 0.29) is 24.0 Å². The second-order valence-corrected chi connectivity index (χ2v) is 6.49. The molecule has 0 aromatic heterocycles. The van der Waals surface area contributed by atoms with Gasteiger partial charge in [-0.1, -0.05) is 12.1 Å². The van der Waals surface area contributed by atoms with Gasteiger partial charge in [0, 0.05) is 50.4 Å². The standard InChI is InChI=1S/C17H27BrN4O.HI/c1-3-19-17(20-10-6-12-23-2)21-14-9-11-22(13-14)16-8-5-4-7-15(16)18;/h4-5,7-8,14H,3,6,9-13H2,1-2H3,(H2,19,20,21);1H. The van der Waals surface area contributed by atoms with E-state index in [0.29, 0.717) is 6.04 Å². The smallest absolute Gasteiger partial charge is 0.191 e. The minimum Gasteiger partial charge on any atom is -0.385 e. The van der Waals surface area contributed by atoms with Crippen molar-refractivity contribution in [2.45, 2.75) is 25.8 Å². The molecule has 0 radical (unpaired) electrons.